The number of pyridine rings is 1. The summed E-state index contributed by atoms with van der Waals surface area (Å²) in [5, 5.41) is 4.85. The second-order valence-electron chi connectivity index (χ2n) is 8.53. The van der Waals surface area contributed by atoms with Gasteiger partial charge in [0.2, 0.25) is 5.24 Å². The minimum absolute atomic E-state index is 0.182. The van der Waals surface area contributed by atoms with Gasteiger partial charge in [-0.25, -0.2) is 0 Å². The van der Waals surface area contributed by atoms with Gasteiger partial charge in [-0.15, -0.1) is 0 Å². The second kappa shape index (κ2) is 7.52. The highest BCUT2D eigenvalue weighted by Crippen LogP contribution is 2.53. The van der Waals surface area contributed by atoms with E-state index in [1.165, 1.54) is 0 Å². The maximum atomic E-state index is 12.3. The number of carbonyl (C=O) groups excluding carboxylic acids is 1. The van der Waals surface area contributed by atoms with Crippen LogP contribution in [0, 0.1) is 11.3 Å². The number of carbonyl (C=O) groups is 1. The van der Waals surface area contributed by atoms with Gasteiger partial charge in [-0.3, -0.25) is 9.78 Å². The van der Waals surface area contributed by atoms with Crippen LogP contribution in [0.2, 0.25) is 10.0 Å². The second-order valence-corrected chi connectivity index (χ2v) is 9.69. The molecule has 4 aliphatic carbocycles. The summed E-state index contributed by atoms with van der Waals surface area (Å²) in [5.74, 6) is 1.78. The van der Waals surface area contributed by atoms with E-state index in [-0.39, 0.29) is 11.3 Å². The first-order valence-electron chi connectivity index (χ1n) is 10.1. The van der Waals surface area contributed by atoms with Gasteiger partial charge in [-0.1, -0.05) is 28.4 Å². The Morgan fingerprint density at radius 1 is 1.17 bits per heavy atom. The molecule has 8 heteroatoms. The van der Waals surface area contributed by atoms with Crippen molar-refractivity contribution in [1.29, 1.82) is 0 Å². The Hall–Kier alpha value is -1.14. The van der Waals surface area contributed by atoms with Gasteiger partial charge in [0.05, 0.1) is 28.2 Å². The van der Waals surface area contributed by atoms with Gasteiger partial charge in [0.1, 0.15) is 11.5 Å². The Balaban J connectivity index is 1.47. The molecule has 0 radical (unpaired) electrons. The van der Waals surface area contributed by atoms with E-state index in [0.717, 1.165) is 56.3 Å². The Morgan fingerprint density at radius 2 is 1.86 bits per heavy atom. The van der Waals surface area contributed by atoms with Gasteiger partial charge in [0.15, 0.2) is 0 Å². The summed E-state index contributed by atoms with van der Waals surface area (Å²) in [6, 6.07) is 0. The van der Waals surface area contributed by atoms with E-state index in [9.17, 15) is 4.79 Å². The lowest BCUT2D eigenvalue weighted by Gasteiger charge is -2.49. The lowest BCUT2D eigenvalue weighted by molar-refractivity contribution is -0.151. The minimum atomic E-state index is -0.570. The van der Waals surface area contributed by atoms with Crippen LogP contribution in [0.1, 0.15) is 62.2 Å². The molecule has 6 rings (SSSR count). The van der Waals surface area contributed by atoms with Crippen molar-refractivity contribution in [2.75, 3.05) is 0 Å². The molecule has 1 unspecified atom stereocenters. The summed E-state index contributed by atoms with van der Waals surface area (Å²) in [4.78, 5) is 16.3. The van der Waals surface area contributed by atoms with Crippen LogP contribution in [0.3, 0.4) is 0 Å². The number of nitrogens with zero attached hydrogens (tertiary/aromatic N) is 2. The van der Waals surface area contributed by atoms with Crippen molar-refractivity contribution in [2.24, 2.45) is 11.3 Å². The molecular weight excluding hydrogens is 435 g/mol. The predicted molar refractivity (Wildman–Crippen MR) is 110 cm³/mol. The van der Waals surface area contributed by atoms with Crippen molar-refractivity contribution in [2.45, 2.75) is 63.6 Å². The van der Waals surface area contributed by atoms with Crippen molar-refractivity contribution in [3.8, 4) is 11.3 Å². The molecule has 1 atom stereocenters. The van der Waals surface area contributed by atoms with Crippen LogP contribution in [0.15, 0.2) is 16.9 Å². The molecule has 29 heavy (non-hydrogen) atoms. The van der Waals surface area contributed by atoms with Crippen molar-refractivity contribution in [3.05, 3.63) is 33.8 Å². The molecule has 154 valence electrons. The van der Waals surface area contributed by atoms with Gasteiger partial charge in [-0.2, -0.15) is 0 Å². The van der Waals surface area contributed by atoms with Crippen LogP contribution in [0.25, 0.3) is 11.3 Å². The molecule has 4 fully saturated rings. The van der Waals surface area contributed by atoms with E-state index in [2.05, 4.69) is 10.1 Å². The Kier molecular flexibility index (Phi) is 5.14. The Labute approximate surface area is 184 Å². The number of aromatic nitrogens is 2. The normalized spacial score (nSPS) is 28.7. The first-order chi connectivity index (χ1) is 14.0. The number of ether oxygens (including phenoxy) is 1. The van der Waals surface area contributed by atoms with E-state index >= 15 is 0 Å². The third-order valence-electron chi connectivity index (χ3n) is 6.84. The SMILES string of the molecule is O=C(Cl)C12CCC(CC1)CC2OCc1c(-c2c(Cl)cncc2Cl)noc1C1CC1. The fraction of sp³-hybridized carbons (Fsp3) is 0.571. The third kappa shape index (κ3) is 3.40. The number of hydrogen-bond acceptors (Lipinski definition) is 5. The first kappa shape index (κ1) is 19.8. The van der Waals surface area contributed by atoms with E-state index in [4.69, 9.17) is 44.1 Å². The van der Waals surface area contributed by atoms with E-state index in [1.807, 2.05) is 0 Å². The van der Waals surface area contributed by atoms with Gasteiger partial charge in [-0.05, 0) is 62.5 Å². The van der Waals surface area contributed by atoms with Crippen molar-refractivity contribution in [1.82, 2.24) is 10.1 Å². The van der Waals surface area contributed by atoms with E-state index in [0.29, 0.717) is 39.7 Å². The van der Waals surface area contributed by atoms with Gasteiger partial charge >= 0.3 is 0 Å². The molecule has 4 saturated carbocycles. The van der Waals surface area contributed by atoms with Crippen LogP contribution in [0.4, 0.5) is 0 Å². The molecular formula is C21H21Cl3N2O3. The van der Waals surface area contributed by atoms with Gasteiger partial charge in [0, 0.05) is 29.4 Å². The quantitative estimate of drug-likeness (QED) is 0.489. The van der Waals surface area contributed by atoms with E-state index < -0.39 is 5.41 Å². The Morgan fingerprint density at radius 3 is 2.48 bits per heavy atom. The van der Waals surface area contributed by atoms with Crippen molar-refractivity contribution in [3.63, 3.8) is 0 Å². The summed E-state index contributed by atoms with van der Waals surface area (Å²) in [7, 11) is 0. The summed E-state index contributed by atoms with van der Waals surface area (Å²) >= 11 is 18.8. The van der Waals surface area contributed by atoms with E-state index in [1.54, 1.807) is 12.4 Å². The van der Waals surface area contributed by atoms with Gasteiger partial charge < -0.3 is 9.26 Å². The molecule has 0 aliphatic heterocycles. The highest BCUT2D eigenvalue weighted by molar-refractivity contribution is 6.64. The monoisotopic (exact) mass is 454 g/mol. The number of halogens is 3. The fourth-order valence-electron chi connectivity index (χ4n) is 4.98. The molecule has 2 heterocycles. The number of fused-ring (bicyclic) bond motifs is 3. The summed E-state index contributed by atoms with van der Waals surface area (Å²) < 4.78 is 12.1. The average molecular weight is 456 g/mol. The molecule has 0 spiro atoms. The van der Waals surface area contributed by atoms with Crippen LogP contribution in [-0.4, -0.2) is 21.5 Å². The molecule has 2 aromatic heterocycles. The van der Waals surface area contributed by atoms with Crippen LogP contribution in [-0.2, 0) is 16.1 Å². The number of hydrogen-bond donors (Lipinski definition) is 0. The molecule has 0 aromatic carbocycles. The zero-order valence-electron chi connectivity index (χ0n) is 15.8. The molecule has 2 bridgehead atoms. The lowest BCUT2D eigenvalue weighted by Crippen LogP contribution is -2.50. The molecule has 0 amide bonds. The molecule has 2 aromatic rings. The van der Waals surface area contributed by atoms with Crippen molar-refractivity contribution >= 4 is 40.0 Å². The largest absolute Gasteiger partial charge is 0.372 e. The summed E-state index contributed by atoms with van der Waals surface area (Å²) in [6.45, 7) is 0.295. The number of rotatable bonds is 6. The fourth-order valence-corrected chi connectivity index (χ4v) is 5.83. The minimum Gasteiger partial charge on any atom is -0.372 e. The van der Waals surface area contributed by atoms with Gasteiger partial charge in [0.25, 0.3) is 0 Å². The van der Waals surface area contributed by atoms with Crippen molar-refractivity contribution < 1.29 is 14.1 Å². The third-order valence-corrected chi connectivity index (χ3v) is 7.79. The topological polar surface area (TPSA) is 65.2 Å². The van der Waals surface area contributed by atoms with Crippen LogP contribution in [0.5, 0.6) is 0 Å². The maximum absolute atomic E-state index is 12.3. The standard InChI is InChI=1S/C21H21Cl3N2O3/c22-14-8-25-9-15(23)17(14)18-13(19(29-26-18)12-1-2-12)10-28-16-7-11-3-5-21(16,6-4-11)20(24)27/h8-9,11-12,16H,1-7,10H2. The zero-order chi connectivity index (χ0) is 20.2. The summed E-state index contributed by atoms with van der Waals surface area (Å²) in [5.41, 5.74) is 1.49. The smallest absolute Gasteiger partial charge is 0.230 e. The van der Waals surface area contributed by atoms with Crippen LogP contribution < -0.4 is 0 Å². The van der Waals surface area contributed by atoms with Crippen LogP contribution >= 0.6 is 34.8 Å². The highest BCUT2D eigenvalue weighted by atomic mass is 35.5. The highest BCUT2D eigenvalue weighted by Gasteiger charge is 2.53. The molecule has 0 N–H and O–H groups in total. The molecule has 0 saturated heterocycles. The molecule has 4 aliphatic rings. The zero-order valence-corrected chi connectivity index (χ0v) is 18.1. The summed E-state index contributed by atoms with van der Waals surface area (Å²) in [6.07, 6.45) is 9.60. The predicted octanol–water partition coefficient (Wildman–Crippen LogP) is 6.15. The maximum Gasteiger partial charge on any atom is 0.230 e. The Bertz CT molecular complexity index is 928. The average Bonchev–Trinajstić information content (AvgIpc) is 3.48. The lowest BCUT2D eigenvalue weighted by atomic mass is 9.59. The molecule has 5 nitrogen and oxygen atoms in total. The first-order valence-corrected chi connectivity index (χ1v) is 11.2.